The van der Waals surface area contributed by atoms with Crippen LogP contribution in [-0.2, 0) is 12.2 Å². The first-order valence-corrected chi connectivity index (χ1v) is 12.8. The van der Waals surface area contributed by atoms with Crippen molar-refractivity contribution >= 4 is 17.7 Å². The number of amides is 1. The molecule has 5 rings (SSSR count). The van der Waals surface area contributed by atoms with Crippen molar-refractivity contribution in [2.45, 2.75) is 55.1 Å². The zero-order valence-corrected chi connectivity index (χ0v) is 20.6. The van der Waals surface area contributed by atoms with Crippen LogP contribution in [0, 0.1) is 0 Å². The number of fused-ring (bicyclic) bond motifs is 3. The standard InChI is InChI=1S/C27H25F3N2O3S/c1-3-16-7-6-8-17-14-36-21-10-5-4-9-18(21)23(22(16)17)19-13-32(15(2)27(28,29)30)26(35)24-25(34)20(33)11-12-31(19)24/h4-12,15,19,23,34H,3,13-14H2,1-2H3/t15-,19?,23+/m1/s1. The third-order valence-corrected chi connectivity index (χ3v) is 8.39. The largest absolute Gasteiger partial charge is 0.503 e. The first-order chi connectivity index (χ1) is 17.1. The van der Waals surface area contributed by atoms with Crippen LogP contribution in [0.3, 0.4) is 0 Å². The number of nitrogens with zero attached hydrogens (tertiary/aromatic N) is 2. The molecule has 1 unspecified atom stereocenters. The Morgan fingerprint density at radius 1 is 1.11 bits per heavy atom. The Labute approximate surface area is 210 Å². The van der Waals surface area contributed by atoms with Crippen LogP contribution in [0.25, 0.3) is 0 Å². The van der Waals surface area contributed by atoms with Gasteiger partial charge in [-0.3, -0.25) is 9.59 Å². The second-order valence-electron chi connectivity index (χ2n) is 9.17. The van der Waals surface area contributed by atoms with Gasteiger partial charge in [-0.2, -0.15) is 13.2 Å². The van der Waals surface area contributed by atoms with E-state index in [-0.39, 0.29) is 6.54 Å². The Morgan fingerprint density at radius 3 is 2.58 bits per heavy atom. The van der Waals surface area contributed by atoms with E-state index < -0.39 is 47.0 Å². The van der Waals surface area contributed by atoms with E-state index in [2.05, 4.69) is 0 Å². The van der Waals surface area contributed by atoms with E-state index in [0.29, 0.717) is 5.75 Å². The molecule has 0 saturated heterocycles. The van der Waals surface area contributed by atoms with Gasteiger partial charge >= 0.3 is 6.18 Å². The molecule has 0 aliphatic carbocycles. The SMILES string of the molecule is CCc1cccc2c1[C@H](C1CN([C@H](C)C(F)(F)F)C(=O)c3c(O)c(=O)ccn31)c1ccccc1SC2. The van der Waals surface area contributed by atoms with Crippen LogP contribution < -0.4 is 5.43 Å². The number of alkyl halides is 3. The molecule has 9 heteroatoms. The lowest BCUT2D eigenvalue weighted by Gasteiger charge is -2.43. The van der Waals surface area contributed by atoms with E-state index in [0.717, 1.165) is 51.5 Å². The molecular weight excluding hydrogens is 489 g/mol. The number of pyridine rings is 1. The number of benzene rings is 2. The Bertz CT molecular complexity index is 1400. The Hall–Kier alpha value is -3.20. The van der Waals surface area contributed by atoms with Crippen LogP contribution in [0.1, 0.15) is 58.5 Å². The lowest BCUT2D eigenvalue weighted by molar-refractivity contribution is -0.174. The van der Waals surface area contributed by atoms with Crippen molar-refractivity contribution in [2.75, 3.05) is 6.54 Å². The van der Waals surface area contributed by atoms with E-state index in [9.17, 15) is 27.9 Å². The predicted molar refractivity (Wildman–Crippen MR) is 132 cm³/mol. The molecule has 0 saturated carbocycles. The first-order valence-electron chi connectivity index (χ1n) is 11.8. The quantitative estimate of drug-likeness (QED) is 0.501. The Balaban J connectivity index is 1.81. The lowest BCUT2D eigenvalue weighted by Crippen LogP contribution is -2.54. The van der Waals surface area contributed by atoms with E-state index in [4.69, 9.17) is 0 Å². The molecule has 3 atom stereocenters. The fraction of sp³-hybridized carbons (Fsp3) is 0.333. The number of carbonyl (C=O) groups excluding carboxylic acids is 1. The maximum atomic E-state index is 13.9. The highest BCUT2D eigenvalue weighted by Gasteiger charge is 2.48. The first kappa shape index (κ1) is 24.5. The van der Waals surface area contributed by atoms with Gasteiger partial charge in [0.1, 0.15) is 6.04 Å². The molecule has 2 aliphatic rings. The molecule has 0 spiro atoms. The van der Waals surface area contributed by atoms with Gasteiger partial charge in [-0.25, -0.2) is 0 Å². The van der Waals surface area contributed by atoms with Gasteiger partial charge in [0.15, 0.2) is 11.4 Å². The van der Waals surface area contributed by atoms with E-state index >= 15 is 0 Å². The topological polar surface area (TPSA) is 62.5 Å². The molecular formula is C27H25F3N2O3S. The number of hydrogen-bond donors (Lipinski definition) is 1. The van der Waals surface area contributed by atoms with Crippen molar-refractivity contribution in [1.82, 2.24) is 9.47 Å². The van der Waals surface area contributed by atoms with Gasteiger partial charge in [-0.15, -0.1) is 11.8 Å². The third kappa shape index (κ3) is 3.89. The summed E-state index contributed by atoms with van der Waals surface area (Å²) in [4.78, 5) is 27.3. The summed E-state index contributed by atoms with van der Waals surface area (Å²) in [5.41, 5.74) is 2.93. The summed E-state index contributed by atoms with van der Waals surface area (Å²) in [7, 11) is 0. The number of rotatable bonds is 3. The van der Waals surface area contributed by atoms with Crippen LogP contribution in [0.2, 0.25) is 0 Å². The van der Waals surface area contributed by atoms with Gasteiger partial charge in [0.2, 0.25) is 5.43 Å². The minimum absolute atomic E-state index is 0.226. The number of aromatic hydroxyl groups is 1. The van der Waals surface area contributed by atoms with Crippen molar-refractivity contribution in [3.63, 3.8) is 0 Å². The molecule has 3 heterocycles. The summed E-state index contributed by atoms with van der Waals surface area (Å²) in [6.45, 7) is 2.75. The maximum absolute atomic E-state index is 13.9. The summed E-state index contributed by atoms with van der Waals surface area (Å²) in [6.07, 6.45) is -2.52. The van der Waals surface area contributed by atoms with Gasteiger partial charge in [0, 0.05) is 35.4 Å². The average molecular weight is 515 g/mol. The summed E-state index contributed by atoms with van der Waals surface area (Å²) >= 11 is 1.67. The predicted octanol–water partition coefficient (Wildman–Crippen LogP) is 5.50. The average Bonchev–Trinajstić information content (AvgIpc) is 3.02. The number of aryl methyl sites for hydroxylation is 1. The molecule has 36 heavy (non-hydrogen) atoms. The van der Waals surface area contributed by atoms with Gasteiger partial charge < -0.3 is 14.6 Å². The van der Waals surface area contributed by atoms with Crippen LogP contribution in [0.15, 0.2) is 64.4 Å². The third-order valence-electron chi connectivity index (χ3n) is 7.25. The highest BCUT2D eigenvalue weighted by molar-refractivity contribution is 7.98. The van der Waals surface area contributed by atoms with E-state index in [1.54, 1.807) is 11.8 Å². The van der Waals surface area contributed by atoms with E-state index in [1.807, 2.05) is 49.4 Å². The van der Waals surface area contributed by atoms with Crippen LogP contribution >= 0.6 is 11.8 Å². The minimum atomic E-state index is -4.67. The number of thioether (sulfide) groups is 1. The molecule has 0 fully saturated rings. The Kier molecular flexibility index (Phi) is 6.14. The molecule has 1 amide bonds. The lowest BCUT2D eigenvalue weighted by atomic mass is 9.78. The normalized spacial score (nSPS) is 20.2. The van der Waals surface area contributed by atoms with E-state index in [1.165, 1.54) is 10.8 Å². The van der Waals surface area contributed by atoms with Crippen molar-refractivity contribution in [2.24, 2.45) is 0 Å². The van der Waals surface area contributed by atoms with Gasteiger partial charge in [-0.1, -0.05) is 43.3 Å². The monoisotopic (exact) mass is 514 g/mol. The second-order valence-corrected chi connectivity index (χ2v) is 10.2. The van der Waals surface area contributed by atoms with Crippen molar-refractivity contribution < 1.29 is 23.1 Å². The number of carbonyl (C=O) groups is 1. The van der Waals surface area contributed by atoms with Gasteiger partial charge in [0.25, 0.3) is 5.91 Å². The fourth-order valence-corrected chi connectivity index (χ4v) is 6.49. The number of halogens is 3. The number of aromatic nitrogens is 1. The maximum Gasteiger partial charge on any atom is 0.408 e. The van der Waals surface area contributed by atoms with Crippen molar-refractivity contribution in [3.8, 4) is 5.75 Å². The fourth-order valence-electron chi connectivity index (χ4n) is 5.39. The van der Waals surface area contributed by atoms with Gasteiger partial charge in [-0.05, 0) is 41.7 Å². The minimum Gasteiger partial charge on any atom is -0.503 e. The van der Waals surface area contributed by atoms with Crippen molar-refractivity contribution in [3.05, 3.63) is 92.9 Å². The second kappa shape index (κ2) is 9.03. The molecule has 0 radical (unpaired) electrons. The molecule has 2 aromatic carbocycles. The zero-order valence-electron chi connectivity index (χ0n) is 19.7. The van der Waals surface area contributed by atoms with Crippen LogP contribution in [-0.4, -0.2) is 39.2 Å². The molecule has 188 valence electrons. The molecule has 2 aliphatic heterocycles. The molecule has 3 aromatic rings. The summed E-state index contributed by atoms with van der Waals surface area (Å²) in [5.74, 6) is -1.54. The smallest absolute Gasteiger partial charge is 0.408 e. The molecule has 1 N–H and O–H groups in total. The molecule has 1 aromatic heterocycles. The highest BCUT2D eigenvalue weighted by atomic mass is 32.2. The van der Waals surface area contributed by atoms with Crippen molar-refractivity contribution in [1.29, 1.82) is 0 Å². The van der Waals surface area contributed by atoms with Gasteiger partial charge in [0.05, 0.1) is 6.04 Å². The van der Waals surface area contributed by atoms with Crippen LogP contribution in [0.5, 0.6) is 5.75 Å². The Morgan fingerprint density at radius 2 is 1.86 bits per heavy atom. The summed E-state index contributed by atoms with van der Waals surface area (Å²) in [5, 5.41) is 10.6. The summed E-state index contributed by atoms with van der Waals surface area (Å²) in [6, 6.07) is 12.2. The highest BCUT2D eigenvalue weighted by Crippen LogP contribution is 2.49. The molecule has 0 bridgehead atoms. The number of hydrogen-bond acceptors (Lipinski definition) is 4. The van der Waals surface area contributed by atoms with Crippen LogP contribution in [0.4, 0.5) is 13.2 Å². The zero-order chi connectivity index (χ0) is 25.8. The summed E-state index contributed by atoms with van der Waals surface area (Å²) < 4.78 is 43.1. The molecule has 5 nitrogen and oxygen atoms in total.